The van der Waals surface area contributed by atoms with Crippen LogP contribution in [0, 0.1) is 16.7 Å². The van der Waals surface area contributed by atoms with Gasteiger partial charge in [0.2, 0.25) is 0 Å². The van der Waals surface area contributed by atoms with Crippen LogP contribution in [0.15, 0.2) is 22.3 Å². The molecule has 0 aromatic rings. The van der Waals surface area contributed by atoms with Crippen LogP contribution in [0.25, 0.3) is 0 Å². The van der Waals surface area contributed by atoms with E-state index in [4.69, 9.17) is 14.2 Å². The van der Waals surface area contributed by atoms with Crippen molar-refractivity contribution in [3.05, 3.63) is 22.3 Å². The van der Waals surface area contributed by atoms with Crippen molar-refractivity contribution in [3.8, 4) is 0 Å². The quantitative estimate of drug-likeness (QED) is 0.282. The lowest BCUT2D eigenvalue weighted by Gasteiger charge is -2.58. The molecule has 10 unspecified atom stereocenters. The lowest BCUT2D eigenvalue weighted by molar-refractivity contribution is -0.308. The van der Waals surface area contributed by atoms with Crippen molar-refractivity contribution in [2.45, 2.75) is 102 Å². The topological polar surface area (TPSA) is 146 Å². The molecule has 5 N–H and O–H groups in total. The molecule has 35 heavy (non-hydrogen) atoms. The van der Waals surface area contributed by atoms with E-state index in [9.17, 15) is 30.3 Å². The van der Waals surface area contributed by atoms with E-state index in [0.29, 0.717) is 12.0 Å². The number of carbonyl (C=O) groups excluding carboxylic acids is 1. The summed E-state index contributed by atoms with van der Waals surface area (Å²) in [6.07, 6.45) is -2.58. The minimum absolute atomic E-state index is 0.186. The fourth-order valence-corrected chi connectivity index (χ4v) is 7.69. The van der Waals surface area contributed by atoms with Crippen molar-refractivity contribution in [1.82, 2.24) is 0 Å². The largest absolute Gasteiger partial charge is 0.454 e. The molecule has 5 aliphatic rings. The second-order valence-electron chi connectivity index (χ2n) is 11.6. The lowest BCUT2D eigenvalue weighted by Crippen LogP contribution is -2.60. The van der Waals surface area contributed by atoms with Crippen molar-refractivity contribution in [2.75, 3.05) is 13.2 Å². The molecule has 0 radical (unpaired) electrons. The summed E-state index contributed by atoms with van der Waals surface area (Å²) in [6.45, 7) is 5.94. The Morgan fingerprint density at radius 1 is 1.09 bits per heavy atom. The van der Waals surface area contributed by atoms with E-state index in [-0.39, 0.29) is 29.3 Å². The zero-order valence-electron chi connectivity index (χ0n) is 20.6. The normalized spacial score (nSPS) is 47.8. The predicted octanol–water partition coefficient (Wildman–Crippen LogP) is 0.712. The molecule has 1 saturated carbocycles. The van der Waals surface area contributed by atoms with E-state index in [1.165, 1.54) is 5.57 Å². The minimum atomic E-state index is -1.47. The van der Waals surface area contributed by atoms with Gasteiger partial charge in [-0.05, 0) is 54.9 Å². The Bertz CT molecular complexity index is 941. The Morgan fingerprint density at radius 2 is 1.83 bits per heavy atom. The molecule has 2 aliphatic heterocycles. The van der Waals surface area contributed by atoms with Gasteiger partial charge in [0.25, 0.3) is 0 Å². The number of carbonyl (C=O) groups is 1. The van der Waals surface area contributed by atoms with E-state index in [1.54, 1.807) is 6.92 Å². The highest BCUT2D eigenvalue weighted by atomic mass is 16.7. The summed E-state index contributed by atoms with van der Waals surface area (Å²) >= 11 is 0. The number of rotatable bonds is 4. The van der Waals surface area contributed by atoms with Gasteiger partial charge in [-0.15, -0.1) is 0 Å². The molecular weight excluding hydrogens is 456 g/mol. The summed E-state index contributed by atoms with van der Waals surface area (Å²) in [4.78, 5) is 12.2. The van der Waals surface area contributed by atoms with E-state index < -0.39 is 49.5 Å². The van der Waals surface area contributed by atoms with Gasteiger partial charge in [0.05, 0.1) is 13.2 Å². The Kier molecular flexibility index (Phi) is 6.44. The molecule has 196 valence electrons. The molecule has 2 fully saturated rings. The first-order valence-corrected chi connectivity index (χ1v) is 12.8. The van der Waals surface area contributed by atoms with Crippen LogP contribution >= 0.6 is 0 Å². The number of esters is 1. The summed E-state index contributed by atoms with van der Waals surface area (Å²) in [6, 6.07) is 0. The molecule has 5 rings (SSSR count). The molecule has 0 aromatic heterocycles. The standard InChI is InChI=1S/C26H38O9/c1-12-18-15(34-23(12)32)9-14-13(19(18)28)5-6-17-25(2,7-4-8-26(14,17)3)11-33-24-22(31)21(30)20(29)16(10-27)35-24/h15-17,19-22,24,27-31H,4-11H2,1-3H3. The molecule has 9 heteroatoms. The monoisotopic (exact) mass is 494 g/mol. The van der Waals surface area contributed by atoms with Gasteiger partial charge in [0.15, 0.2) is 6.29 Å². The van der Waals surface area contributed by atoms with Gasteiger partial charge < -0.3 is 39.7 Å². The number of ether oxygens (including phenoxy) is 3. The summed E-state index contributed by atoms with van der Waals surface area (Å²) in [7, 11) is 0. The third-order valence-corrected chi connectivity index (χ3v) is 9.61. The van der Waals surface area contributed by atoms with Gasteiger partial charge in [-0.2, -0.15) is 0 Å². The first kappa shape index (κ1) is 25.3. The van der Waals surface area contributed by atoms with Crippen LogP contribution in [-0.2, 0) is 19.0 Å². The number of hydrogen-bond acceptors (Lipinski definition) is 9. The third kappa shape index (κ3) is 3.82. The van der Waals surface area contributed by atoms with Crippen LogP contribution < -0.4 is 0 Å². The molecule has 9 nitrogen and oxygen atoms in total. The first-order chi connectivity index (χ1) is 16.5. The molecule has 0 aromatic carbocycles. The SMILES string of the molecule is CC1=C2C(CC3=C(CCC4C(C)(COC5OC(CO)C(O)C(O)C5O)CCCC34C)C2O)OC1=O. The van der Waals surface area contributed by atoms with Gasteiger partial charge in [-0.1, -0.05) is 25.8 Å². The van der Waals surface area contributed by atoms with Crippen molar-refractivity contribution in [1.29, 1.82) is 0 Å². The van der Waals surface area contributed by atoms with Crippen LogP contribution in [0.5, 0.6) is 0 Å². The zero-order chi connectivity index (χ0) is 25.3. The highest BCUT2D eigenvalue weighted by Gasteiger charge is 2.56. The van der Waals surface area contributed by atoms with Crippen LogP contribution in [0.2, 0.25) is 0 Å². The summed E-state index contributed by atoms with van der Waals surface area (Å²) in [5, 5.41) is 51.3. The Labute approximate surface area is 205 Å². The van der Waals surface area contributed by atoms with E-state index >= 15 is 0 Å². The van der Waals surface area contributed by atoms with Crippen LogP contribution in [0.3, 0.4) is 0 Å². The maximum absolute atomic E-state index is 12.2. The van der Waals surface area contributed by atoms with Gasteiger partial charge in [0.1, 0.15) is 36.6 Å². The fourth-order valence-electron chi connectivity index (χ4n) is 7.69. The third-order valence-electron chi connectivity index (χ3n) is 9.61. The minimum Gasteiger partial charge on any atom is -0.454 e. The van der Waals surface area contributed by atoms with Crippen molar-refractivity contribution >= 4 is 5.97 Å². The Hall–Kier alpha value is -1.33. The van der Waals surface area contributed by atoms with Crippen molar-refractivity contribution in [3.63, 3.8) is 0 Å². The number of aliphatic hydroxyl groups excluding tert-OH is 5. The van der Waals surface area contributed by atoms with Crippen LogP contribution in [0.1, 0.15) is 59.3 Å². The molecular formula is C26H38O9. The smallest absolute Gasteiger partial charge is 0.334 e. The number of hydrogen-bond donors (Lipinski definition) is 5. The molecule has 0 spiro atoms. The van der Waals surface area contributed by atoms with Crippen molar-refractivity contribution in [2.24, 2.45) is 16.7 Å². The number of fused-ring (bicyclic) bond motifs is 3. The summed E-state index contributed by atoms with van der Waals surface area (Å²) in [5.74, 6) is -0.102. The maximum Gasteiger partial charge on any atom is 0.334 e. The second kappa shape index (κ2) is 8.90. The molecule has 3 aliphatic carbocycles. The highest BCUT2D eigenvalue weighted by molar-refractivity contribution is 5.92. The Morgan fingerprint density at radius 3 is 2.54 bits per heavy atom. The molecule has 10 atom stereocenters. The average molecular weight is 495 g/mol. The van der Waals surface area contributed by atoms with E-state index in [1.807, 2.05) is 0 Å². The molecule has 2 heterocycles. The zero-order valence-corrected chi connectivity index (χ0v) is 20.6. The van der Waals surface area contributed by atoms with Gasteiger partial charge in [0, 0.05) is 17.6 Å². The fraction of sp³-hybridized carbons (Fsp3) is 0.808. The molecule has 1 saturated heterocycles. The maximum atomic E-state index is 12.2. The second-order valence-corrected chi connectivity index (χ2v) is 11.6. The van der Waals surface area contributed by atoms with Crippen LogP contribution in [0.4, 0.5) is 0 Å². The Balaban J connectivity index is 1.37. The molecule has 0 amide bonds. The lowest BCUT2D eigenvalue weighted by atomic mass is 9.48. The van der Waals surface area contributed by atoms with Crippen LogP contribution in [-0.4, -0.2) is 87.6 Å². The van der Waals surface area contributed by atoms with Gasteiger partial charge >= 0.3 is 5.97 Å². The van der Waals surface area contributed by atoms with E-state index in [2.05, 4.69) is 13.8 Å². The summed E-state index contributed by atoms with van der Waals surface area (Å²) < 4.78 is 17.2. The number of aliphatic hydroxyl groups is 5. The first-order valence-electron chi connectivity index (χ1n) is 12.8. The summed E-state index contributed by atoms with van der Waals surface area (Å²) in [5.41, 5.74) is 3.05. The van der Waals surface area contributed by atoms with Crippen molar-refractivity contribution < 1.29 is 44.5 Å². The van der Waals surface area contributed by atoms with E-state index in [0.717, 1.165) is 43.3 Å². The predicted molar refractivity (Wildman–Crippen MR) is 123 cm³/mol. The highest BCUT2D eigenvalue weighted by Crippen LogP contribution is 2.62. The van der Waals surface area contributed by atoms with Gasteiger partial charge in [-0.25, -0.2) is 4.79 Å². The molecule has 0 bridgehead atoms. The van der Waals surface area contributed by atoms with Gasteiger partial charge in [-0.3, -0.25) is 0 Å². The average Bonchev–Trinajstić information content (AvgIpc) is 3.11.